The number of anilines is 1. The van der Waals surface area contributed by atoms with Gasteiger partial charge in [-0.05, 0) is 249 Å². The highest BCUT2D eigenvalue weighted by Crippen LogP contribution is 2.70. The monoisotopic (exact) mass is 1160 g/mol. The van der Waals surface area contributed by atoms with Gasteiger partial charge in [0.2, 0.25) is 0 Å². The molecule has 2 saturated heterocycles. The molecule has 0 bridgehead atoms. The van der Waals surface area contributed by atoms with E-state index in [4.69, 9.17) is 24.8 Å². The second kappa shape index (κ2) is 22.3. The molecule has 11 aliphatic carbocycles. The standard InChI is InChI=1S/C74H97N3O8/c1-5-33-72(80)38-30-60-57-25-19-50-44-55(78)24-26-56(50)66(57)59(45-69(60,72)3)48-15-20-51(21-16-48)76-52-22-17-49(18-23-52)64-13-9-14-65(85-64)82-41-10-34-73(81)39-31-61-58-29-37-71(79)47-74(83-42-43-84-74)40-32-62(71)67(58)63(46-70(61,73)4)68(2)35-27-54(28-36-68)77(75)53-11-7-6-8-12-53/h11,15-16,20-21,27-28,35,44,49,52,57-61,63-65,76,79-81H,6-9,12-14,17-19,22-26,29-32,36-43,45-47,75H2,1-4H3/t49?,52?,57?,58?,59?,60?,61?,63?,64?,65?,68?,69?,70?,71-,72+,73+/m1/s1. The molecule has 0 amide bonds. The second-order valence-corrected chi connectivity index (χ2v) is 29.9. The zero-order chi connectivity index (χ0) is 58.6. The third-order valence-corrected chi connectivity index (χ3v) is 25.5. The van der Waals surface area contributed by atoms with Gasteiger partial charge >= 0.3 is 0 Å². The number of ether oxygens (including phenoxy) is 4. The molecule has 8 fully saturated rings. The Labute approximate surface area is 507 Å². The van der Waals surface area contributed by atoms with Crippen LogP contribution in [0.2, 0.25) is 0 Å². The number of hydrogen-bond donors (Lipinski definition) is 5. The number of hydrogen-bond acceptors (Lipinski definition) is 11. The molecular formula is C74H97N3O8. The summed E-state index contributed by atoms with van der Waals surface area (Å²) in [6.45, 7) is 10.3. The summed E-state index contributed by atoms with van der Waals surface area (Å²) < 4.78 is 25.8. The Kier molecular flexibility index (Phi) is 15.4. The maximum absolute atomic E-state index is 13.0. The SMILES string of the molecule is CC#C[C@]1(O)CCC2C3CCC4=CC(=O)CCC4=C3C(c3ccc(NC4CCC(C5CCCC(OCC#C[C@]6(O)CCC7C8CC[C@@]9(O)CC%10(CCC9=C8C(C8(C)C=CC(N(N)C9=CCCCC9)=CC8)CC76C)OCCO%10)O5)CC4)cc3)CC21C. The van der Waals surface area contributed by atoms with Crippen LogP contribution in [0.3, 0.4) is 0 Å². The third kappa shape index (κ3) is 10.1. The Morgan fingerprint density at radius 3 is 2.25 bits per heavy atom. The molecule has 14 rings (SSSR count). The second-order valence-electron chi connectivity index (χ2n) is 29.9. The Balaban J connectivity index is 0.617. The van der Waals surface area contributed by atoms with Gasteiger partial charge in [-0.25, -0.2) is 5.84 Å². The number of aliphatic hydroxyl groups is 3. The van der Waals surface area contributed by atoms with Crippen molar-refractivity contribution in [3.8, 4) is 23.7 Å². The van der Waals surface area contributed by atoms with Crippen LogP contribution >= 0.6 is 0 Å². The van der Waals surface area contributed by atoms with Crippen molar-refractivity contribution < 1.29 is 39.1 Å². The number of fused-ring (bicyclic) bond motifs is 8. The summed E-state index contributed by atoms with van der Waals surface area (Å²) in [6, 6.07) is 9.63. The molecule has 11 nitrogen and oxygen atoms in total. The molecule has 0 radical (unpaired) electrons. The van der Waals surface area contributed by atoms with E-state index in [1.54, 1.807) is 5.57 Å². The summed E-state index contributed by atoms with van der Waals surface area (Å²) in [5, 5.41) is 43.8. The van der Waals surface area contributed by atoms with Crippen molar-refractivity contribution >= 4 is 11.5 Å². The lowest BCUT2D eigenvalue weighted by Crippen LogP contribution is -2.57. The van der Waals surface area contributed by atoms with E-state index in [-0.39, 0.29) is 59.3 Å². The first kappa shape index (κ1) is 58.4. The fourth-order valence-corrected chi connectivity index (χ4v) is 20.9. The van der Waals surface area contributed by atoms with Crippen LogP contribution in [0, 0.1) is 75.4 Å². The number of nitrogens with two attached hydrogens (primary N) is 1. The highest BCUT2D eigenvalue weighted by Gasteiger charge is 2.67. The van der Waals surface area contributed by atoms with Gasteiger partial charge in [-0.15, -0.1) is 5.92 Å². The number of benzene rings is 1. The molecule has 1 spiro atoms. The van der Waals surface area contributed by atoms with Gasteiger partial charge in [-0.2, -0.15) is 0 Å². The van der Waals surface area contributed by atoms with Crippen LogP contribution < -0.4 is 11.2 Å². The number of rotatable bonds is 9. The van der Waals surface area contributed by atoms with E-state index in [2.05, 4.69) is 98.3 Å². The predicted octanol–water partition coefficient (Wildman–Crippen LogP) is 13.2. The average Bonchev–Trinajstić information content (AvgIpc) is 1.73. The summed E-state index contributed by atoms with van der Waals surface area (Å²) in [4.78, 5) is 12.6. The van der Waals surface area contributed by atoms with Gasteiger partial charge in [-0.3, -0.25) is 9.80 Å². The van der Waals surface area contributed by atoms with Crippen molar-refractivity contribution in [1.29, 1.82) is 0 Å². The number of nitrogens with zero attached hydrogens (tertiary/aromatic N) is 1. The Morgan fingerprint density at radius 2 is 1.52 bits per heavy atom. The first-order valence-corrected chi connectivity index (χ1v) is 33.8. The molecule has 14 atom stereocenters. The van der Waals surface area contributed by atoms with E-state index < -0.39 is 28.0 Å². The molecule has 0 aromatic heterocycles. The molecule has 85 heavy (non-hydrogen) atoms. The van der Waals surface area contributed by atoms with E-state index in [1.165, 1.54) is 46.4 Å². The molecule has 13 aliphatic rings. The van der Waals surface area contributed by atoms with Crippen molar-refractivity contribution in [2.45, 2.75) is 248 Å². The van der Waals surface area contributed by atoms with Gasteiger partial charge in [-0.1, -0.05) is 80.0 Å². The van der Waals surface area contributed by atoms with Crippen LogP contribution in [0.25, 0.3) is 0 Å². The minimum atomic E-state index is -1.17. The van der Waals surface area contributed by atoms with Crippen LogP contribution in [0.15, 0.2) is 93.9 Å². The molecule has 6 N–H and O–H groups in total. The highest BCUT2D eigenvalue weighted by atomic mass is 16.7. The molecule has 11 unspecified atom stereocenters. The zero-order valence-electron chi connectivity index (χ0n) is 51.6. The zero-order valence-corrected chi connectivity index (χ0v) is 51.6. The maximum atomic E-state index is 13.0. The molecular weight excluding hydrogens is 1060 g/mol. The van der Waals surface area contributed by atoms with Gasteiger partial charge < -0.3 is 39.6 Å². The largest absolute Gasteiger partial charge is 0.385 e. The van der Waals surface area contributed by atoms with Crippen LogP contribution in [0.4, 0.5) is 5.69 Å². The van der Waals surface area contributed by atoms with Crippen molar-refractivity contribution in [3.05, 3.63) is 99.5 Å². The average molecular weight is 1160 g/mol. The normalized spacial score (nSPS) is 42.6. The van der Waals surface area contributed by atoms with E-state index in [0.717, 1.165) is 146 Å². The number of carbonyl (C=O) groups excluding carboxylic acids is 1. The number of allylic oxidation sites excluding steroid dienone is 10. The van der Waals surface area contributed by atoms with Gasteiger partial charge in [0.25, 0.3) is 0 Å². The lowest BCUT2D eigenvalue weighted by Gasteiger charge is -2.59. The van der Waals surface area contributed by atoms with Crippen LogP contribution in [0.5, 0.6) is 0 Å². The number of carbonyl (C=O) groups is 1. The van der Waals surface area contributed by atoms with Gasteiger partial charge in [0.05, 0.1) is 30.6 Å². The Morgan fingerprint density at radius 1 is 0.765 bits per heavy atom. The number of ketones is 1. The fraction of sp³-hybridized carbons (Fsp3) is 0.689. The molecule has 456 valence electrons. The van der Waals surface area contributed by atoms with Gasteiger partial charge in [0.1, 0.15) is 17.8 Å². The van der Waals surface area contributed by atoms with Gasteiger partial charge in [0.15, 0.2) is 17.9 Å². The molecule has 2 aliphatic heterocycles. The van der Waals surface area contributed by atoms with Crippen molar-refractivity contribution in [3.63, 3.8) is 0 Å². The van der Waals surface area contributed by atoms with E-state index >= 15 is 0 Å². The molecule has 2 heterocycles. The summed E-state index contributed by atoms with van der Waals surface area (Å²) in [5.41, 5.74) is 7.54. The smallest absolute Gasteiger partial charge is 0.171 e. The number of hydrazine groups is 1. The van der Waals surface area contributed by atoms with Crippen molar-refractivity contribution in [1.82, 2.24) is 5.01 Å². The van der Waals surface area contributed by atoms with E-state index in [1.807, 2.05) is 18.0 Å². The van der Waals surface area contributed by atoms with Crippen molar-refractivity contribution in [2.24, 2.45) is 57.6 Å². The highest BCUT2D eigenvalue weighted by molar-refractivity contribution is 5.93. The third-order valence-electron chi connectivity index (χ3n) is 25.5. The Hall–Kier alpha value is -4.27. The topological polar surface area (TPSA) is 156 Å². The maximum Gasteiger partial charge on any atom is 0.171 e. The van der Waals surface area contributed by atoms with E-state index in [0.29, 0.717) is 62.7 Å². The Bertz CT molecular complexity index is 3120. The summed E-state index contributed by atoms with van der Waals surface area (Å²) in [6.07, 6.45) is 35.7. The van der Waals surface area contributed by atoms with Crippen LogP contribution in [-0.4, -0.2) is 87.0 Å². The summed E-state index contributed by atoms with van der Waals surface area (Å²) >= 11 is 0. The fourth-order valence-electron chi connectivity index (χ4n) is 20.9. The van der Waals surface area contributed by atoms with Crippen molar-refractivity contribution in [2.75, 3.05) is 25.1 Å². The number of nitrogens with one attached hydrogen (secondary N) is 1. The summed E-state index contributed by atoms with van der Waals surface area (Å²) in [5.74, 6) is 21.8. The predicted molar refractivity (Wildman–Crippen MR) is 330 cm³/mol. The summed E-state index contributed by atoms with van der Waals surface area (Å²) in [7, 11) is 0. The molecule has 11 heteroatoms. The minimum Gasteiger partial charge on any atom is -0.385 e. The van der Waals surface area contributed by atoms with E-state index in [9.17, 15) is 20.1 Å². The first-order valence-electron chi connectivity index (χ1n) is 33.8. The minimum absolute atomic E-state index is 0.103. The quantitative estimate of drug-likeness (QED) is 0.0694. The molecule has 1 aromatic rings. The van der Waals surface area contributed by atoms with Crippen LogP contribution in [-0.2, 0) is 23.7 Å². The lowest BCUT2D eigenvalue weighted by atomic mass is 9.46. The molecule has 1 aromatic carbocycles. The molecule has 6 saturated carbocycles. The van der Waals surface area contributed by atoms with Crippen LogP contribution in [0.1, 0.15) is 213 Å². The lowest BCUT2D eigenvalue weighted by molar-refractivity contribution is -0.209. The van der Waals surface area contributed by atoms with Gasteiger partial charge in [0, 0.05) is 53.4 Å². The first-order chi connectivity index (χ1) is 41.0.